The Balaban J connectivity index is 2.33. The van der Waals surface area contributed by atoms with E-state index in [1.54, 1.807) is 31.3 Å². The van der Waals surface area contributed by atoms with Crippen molar-refractivity contribution in [3.05, 3.63) is 29.8 Å². The fourth-order valence-electron chi connectivity index (χ4n) is 1.59. The van der Waals surface area contributed by atoms with Crippen LogP contribution in [0.3, 0.4) is 0 Å². The second kappa shape index (κ2) is 7.25. The molecule has 0 saturated heterocycles. The summed E-state index contributed by atoms with van der Waals surface area (Å²) >= 11 is 0. The zero-order valence-corrected chi connectivity index (χ0v) is 12.1. The summed E-state index contributed by atoms with van der Waals surface area (Å²) in [5.41, 5.74) is 1.02. The Morgan fingerprint density at radius 1 is 1.21 bits per heavy atom. The van der Waals surface area contributed by atoms with Gasteiger partial charge < -0.3 is 10.6 Å². The largest absolute Gasteiger partial charge is 0.359 e. The molecule has 0 radical (unpaired) electrons. The highest BCUT2D eigenvalue weighted by Gasteiger charge is 2.05. The molecule has 5 nitrogen and oxygen atoms in total. The molecule has 0 unspecified atom stereocenters. The van der Waals surface area contributed by atoms with Gasteiger partial charge in [0, 0.05) is 26.3 Å². The third-order valence-electron chi connectivity index (χ3n) is 2.72. The molecule has 0 spiro atoms. The maximum Gasteiger partial charge on any atom is 0.219 e. The van der Waals surface area contributed by atoms with E-state index >= 15 is 0 Å². The van der Waals surface area contributed by atoms with Crippen LogP contribution in [-0.4, -0.2) is 34.2 Å². The van der Waals surface area contributed by atoms with Gasteiger partial charge in [-0.05, 0) is 30.7 Å². The molecule has 1 aromatic rings. The van der Waals surface area contributed by atoms with Crippen LogP contribution in [0.5, 0.6) is 0 Å². The van der Waals surface area contributed by atoms with Gasteiger partial charge in [-0.2, -0.15) is 0 Å². The van der Waals surface area contributed by atoms with Crippen LogP contribution in [0.1, 0.15) is 18.4 Å². The summed E-state index contributed by atoms with van der Waals surface area (Å²) in [7, 11) is -1.50. The normalized spacial score (nSPS) is 11.3. The van der Waals surface area contributed by atoms with Crippen molar-refractivity contribution < 1.29 is 13.2 Å². The Bertz CT molecular complexity index is 509. The number of carbonyl (C=O) groups is 1. The minimum absolute atomic E-state index is 0.0410. The van der Waals surface area contributed by atoms with Crippen LogP contribution in [0.2, 0.25) is 0 Å². The van der Waals surface area contributed by atoms with E-state index in [1.807, 2.05) is 0 Å². The number of rotatable bonds is 7. The third kappa shape index (κ3) is 5.85. The first kappa shape index (κ1) is 15.7. The molecule has 0 saturated carbocycles. The van der Waals surface area contributed by atoms with Crippen molar-refractivity contribution >= 4 is 15.7 Å². The van der Waals surface area contributed by atoms with E-state index in [9.17, 15) is 13.2 Å². The van der Waals surface area contributed by atoms with E-state index in [4.69, 9.17) is 0 Å². The lowest BCUT2D eigenvalue weighted by molar-refractivity contribution is -0.120. The average molecular weight is 284 g/mol. The predicted molar refractivity (Wildman–Crippen MR) is 74.6 cm³/mol. The summed E-state index contributed by atoms with van der Waals surface area (Å²) in [4.78, 5) is 11.3. The predicted octanol–water partition coefficient (Wildman–Crippen LogP) is 0.706. The number of nitrogens with one attached hydrogen (secondary N) is 2. The first-order chi connectivity index (χ1) is 8.93. The van der Waals surface area contributed by atoms with Gasteiger partial charge in [0.25, 0.3) is 0 Å². The molecule has 0 aliphatic rings. The third-order valence-corrected chi connectivity index (χ3v) is 3.85. The molecule has 0 aliphatic carbocycles. The highest BCUT2D eigenvalue weighted by atomic mass is 32.2. The van der Waals surface area contributed by atoms with E-state index in [-0.39, 0.29) is 5.91 Å². The molecule has 1 amide bonds. The van der Waals surface area contributed by atoms with Crippen molar-refractivity contribution in [2.75, 3.05) is 19.8 Å². The molecule has 0 atom stereocenters. The fourth-order valence-corrected chi connectivity index (χ4v) is 2.22. The van der Waals surface area contributed by atoms with E-state index < -0.39 is 9.84 Å². The summed E-state index contributed by atoms with van der Waals surface area (Å²) < 4.78 is 22.6. The van der Waals surface area contributed by atoms with Gasteiger partial charge in [0.05, 0.1) is 4.90 Å². The van der Waals surface area contributed by atoms with Crippen LogP contribution in [0.15, 0.2) is 29.2 Å². The second-order valence-corrected chi connectivity index (χ2v) is 6.39. The van der Waals surface area contributed by atoms with Gasteiger partial charge in [0.1, 0.15) is 0 Å². The van der Waals surface area contributed by atoms with Gasteiger partial charge in [0.15, 0.2) is 9.84 Å². The van der Waals surface area contributed by atoms with E-state index in [1.165, 1.54) is 6.26 Å². The van der Waals surface area contributed by atoms with Crippen LogP contribution < -0.4 is 10.6 Å². The molecule has 19 heavy (non-hydrogen) atoms. The van der Waals surface area contributed by atoms with Crippen molar-refractivity contribution in [3.63, 3.8) is 0 Å². The number of sulfone groups is 1. The van der Waals surface area contributed by atoms with Crippen LogP contribution in [0.25, 0.3) is 0 Å². The Hall–Kier alpha value is -1.40. The van der Waals surface area contributed by atoms with E-state index in [2.05, 4.69) is 10.6 Å². The number of carbonyl (C=O) groups excluding carboxylic acids is 1. The van der Waals surface area contributed by atoms with Crippen molar-refractivity contribution in [2.45, 2.75) is 24.3 Å². The lowest BCUT2D eigenvalue weighted by Crippen LogP contribution is -2.20. The van der Waals surface area contributed by atoms with Gasteiger partial charge in [-0.1, -0.05) is 12.1 Å². The Morgan fingerprint density at radius 2 is 1.84 bits per heavy atom. The zero-order chi connectivity index (χ0) is 14.3. The molecule has 2 N–H and O–H groups in total. The summed E-state index contributed by atoms with van der Waals surface area (Å²) in [6.07, 6.45) is 2.48. The maximum absolute atomic E-state index is 11.3. The Labute approximate surface area is 114 Å². The molecular formula is C13H20N2O3S. The highest BCUT2D eigenvalue weighted by Crippen LogP contribution is 2.10. The average Bonchev–Trinajstić information content (AvgIpc) is 2.37. The minimum atomic E-state index is -3.13. The molecule has 6 heteroatoms. The lowest BCUT2D eigenvalue weighted by atomic mass is 10.2. The molecule has 1 rings (SSSR count). The number of benzene rings is 1. The van der Waals surface area contributed by atoms with Crippen LogP contribution >= 0.6 is 0 Å². The van der Waals surface area contributed by atoms with Gasteiger partial charge in [-0.15, -0.1) is 0 Å². The molecule has 0 aromatic heterocycles. The maximum atomic E-state index is 11.3. The van der Waals surface area contributed by atoms with E-state index in [0.29, 0.717) is 17.9 Å². The molecule has 0 heterocycles. The van der Waals surface area contributed by atoms with Crippen molar-refractivity contribution in [3.8, 4) is 0 Å². The number of hydrogen-bond acceptors (Lipinski definition) is 4. The highest BCUT2D eigenvalue weighted by molar-refractivity contribution is 7.90. The topological polar surface area (TPSA) is 75.3 Å². The summed E-state index contributed by atoms with van der Waals surface area (Å²) in [6, 6.07) is 6.80. The van der Waals surface area contributed by atoms with Crippen LogP contribution in [-0.2, 0) is 21.2 Å². The van der Waals surface area contributed by atoms with Crippen molar-refractivity contribution in [1.82, 2.24) is 10.6 Å². The molecular weight excluding hydrogens is 264 g/mol. The Kier molecular flexibility index (Phi) is 5.98. The summed E-state index contributed by atoms with van der Waals surface area (Å²) in [6.45, 7) is 1.42. The quantitative estimate of drug-likeness (QED) is 0.723. The van der Waals surface area contributed by atoms with Gasteiger partial charge >= 0.3 is 0 Å². The fraction of sp³-hybridized carbons (Fsp3) is 0.462. The molecule has 106 valence electrons. The summed E-state index contributed by atoms with van der Waals surface area (Å²) in [5, 5.41) is 5.78. The molecule has 0 fully saturated rings. The molecule has 0 aliphatic heterocycles. The van der Waals surface area contributed by atoms with Crippen molar-refractivity contribution in [2.24, 2.45) is 0 Å². The second-order valence-electron chi connectivity index (χ2n) is 4.37. The van der Waals surface area contributed by atoms with E-state index in [0.717, 1.165) is 18.5 Å². The SMILES string of the molecule is CNC(=O)CCCNCc1ccc(S(C)(=O)=O)cc1. The van der Waals surface area contributed by atoms with Crippen LogP contribution in [0.4, 0.5) is 0 Å². The summed E-state index contributed by atoms with van der Waals surface area (Å²) in [5.74, 6) is 0.0410. The standard InChI is InChI=1S/C13H20N2O3S/c1-14-13(16)4-3-9-15-10-11-5-7-12(8-6-11)19(2,17)18/h5-8,15H,3-4,9-10H2,1-2H3,(H,14,16). The smallest absolute Gasteiger partial charge is 0.219 e. The number of hydrogen-bond donors (Lipinski definition) is 2. The van der Waals surface area contributed by atoms with Gasteiger partial charge in [-0.3, -0.25) is 4.79 Å². The first-order valence-electron chi connectivity index (χ1n) is 6.14. The monoisotopic (exact) mass is 284 g/mol. The van der Waals surface area contributed by atoms with Gasteiger partial charge in [0.2, 0.25) is 5.91 Å². The first-order valence-corrected chi connectivity index (χ1v) is 8.03. The zero-order valence-electron chi connectivity index (χ0n) is 11.3. The molecule has 1 aromatic carbocycles. The van der Waals surface area contributed by atoms with Crippen molar-refractivity contribution in [1.29, 1.82) is 0 Å². The lowest BCUT2D eigenvalue weighted by Gasteiger charge is -2.05. The Morgan fingerprint density at radius 3 is 2.37 bits per heavy atom. The van der Waals surface area contributed by atoms with Crippen LogP contribution in [0, 0.1) is 0 Å². The molecule has 0 bridgehead atoms. The number of amides is 1. The van der Waals surface area contributed by atoms with Gasteiger partial charge in [-0.25, -0.2) is 8.42 Å². The minimum Gasteiger partial charge on any atom is -0.359 e.